The number of thiol groups is 1. The van der Waals surface area contributed by atoms with Crippen LogP contribution >= 0.6 is 35.6 Å². The van der Waals surface area contributed by atoms with Gasteiger partial charge in [-0.2, -0.15) is 32.0 Å². The van der Waals surface area contributed by atoms with E-state index in [1.807, 2.05) is 6.07 Å². The second-order valence-electron chi connectivity index (χ2n) is 10.2. The van der Waals surface area contributed by atoms with Gasteiger partial charge in [-0.25, -0.2) is 0 Å². The van der Waals surface area contributed by atoms with Crippen LogP contribution < -0.4 is 4.90 Å². The van der Waals surface area contributed by atoms with Crippen molar-refractivity contribution in [3.63, 3.8) is 0 Å². The molecule has 38 heavy (non-hydrogen) atoms. The van der Waals surface area contributed by atoms with E-state index >= 15 is 0 Å². The Morgan fingerprint density at radius 2 is 1.74 bits per heavy atom. The molecule has 1 heterocycles. The van der Waals surface area contributed by atoms with Gasteiger partial charge in [0.15, 0.2) is 0 Å². The average Bonchev–Trinajstić information content (AvgIpc) is 3.03. The Kier molecular flexibility index (Phi) is 9.73. The Morgan fingerprint density at radius 1 is 1.05 bits per heavy atom. The van der Waals surface area contributed by atoms with Crippen LogP contribution in [0, 0.1) is 0 Å². The van der Waals surface area contributed by atoms with Gasteiger partial charge in [-0.1, -0.05) is 25.8 Å². The lowest BCUT2D eigenvalue weighted by atomic mass is 9.66. The highest BCUT2D eigenvalue weighted by atomic mass is 127. The van der Waals surface area contributed by atoms with Crippen LogP contribution in [0.15, 0.2) is 34.1 Å². The molecule has 0 bridgehead atoms. The van der Waals surface area contributed by atoms with Gasteiger partial charge in [0.25, 0.3) is 10.1 Å². The molecule has 0 aliphatic carbocycles. The number of carbonyl (C=O) groups excluding carboxylic acids is 1. The van der Waals surface area contributed by atoms with Crippen LogP contribution in [0.2, 0.25) is 0 Å². The normalized spacial score (nSPS) is 19.1. The molecular weight excluding hydrogens is 665 g/mol. The monoisotopic (exact) mass is 699 g/mol. The van der Waals surface area contributed by atoms with Crippen LogP contribution in [0.5, 0.6) is 0 Å². The number of unbranched alkanes of at least 4 members (excludes halogenated alkanes) is 2. The number of ether oxygens (including phenoxy) is 1. The summed E-state index contributed by atoms with van der Waals surface area (Å²) in [7, 11) is -7.67. The van der Waals surface area contributed by atoms with Crippen molar-refractivity contribution in [2.75, 3.05) is 24.3 Å². The third kappa shape index (κ3) is 5.82. The summed E-state index contributed by atoms with van der Waals surface area (Å²) in [6.07, 6.45) is 4.10. The number of hydrogen-bond acceptors (Lipinski definition) is 9. The van der Waals surface area contributed by atoms with Gasteiger partial charge in [0.2, 0.25) is 0 Å². The summed E-state index contributed by atoms with van der Waals surface area (Å²) >= 11 is 5.64. The number of nitrogens with zero attached hydrogens (tertiary/aromatic N) is 1. The van der Waals surface area contributed by atoms with Crippen molar-refractivity contribution in [3.8, 4) is 0 Å². The fourth-order valence-electron chi connectivity index (χ4n) is 5.55. The molecule has 0 saturated carbocycles. The molecular formula is C25H34INO8S3. The zero-order valence-corrected chi connectivity index (χ0v) is 26.5. The second kappa shape index (κ2) is 11.8. The maximum Gasteiger partial charge on any atom is 0.306 e. The molecule has 0 aromatic heterocycles. The van der Waals surface area contributed by atoms with Gasteiger partial charge in [-0.15, -0.1) is 0 Å². The molecule has 0 amide bonds. The molecule has 3 rings (SSSR count). The first-order valence-corrected chi connectivity index (χ1v) is 16.6. The number of anilines is 1. The first kappa shape index (κ1) is 31.4. The summed E-state index contributed by atoms with van der Waals surface area (Å²) in [5.41, 5.74) is 0.741. The zero-order valence-electron chi connectivity index (χ0n) is 21.9. The minimum Gasteiger partial charge on any atom is -0.469 e. The fraction of sp³-hybridized carbons (Fsp3) is 0.560. The molecule has 2 aromatic carbocycles. The number of carbonyl (C=O) groups is 1. The summed E-state index contributed by atoms with van der Waals surface area (Å²) in [5, 5.41) is 0.750. The van der Waals surface area contributed by atoms with E-state index in [0.717, 1.165) is 36.6 Å². The van der Waals surface area contributed by atoms with Crippen LogP contribution in [0.3, 0.4) is 0 Å². The van der Waals surface area contributed by atoms with Crippen molar-refractivity contribution in [1.29, 1.82) is 0 Å². The first-order valence-electron chi connectivity index (χ1n) is 12.2. The molecule has 0 radical (unpaired) electrons. The lowest BCUT2D eigenvalue weighted by molar-refractivity contribution is -0.140. The van der Waals surface area contributed by atoms with E-state index in [0.29, 0.717) is 42.3 Å². The van der Waals surface area contributed by atoms with Gasteiger partial charge in [0.1, 0.15) is 27.9 Å². The van der Waals surface area contributed by atoms with Crippen molar-refractivity contribution in [1.82, 2.24) is 0 Å². The van der Waals surface area contributed by atoms with Crippen LogP contribution in [0.25, 0.3) is 10.8 Å². The molecule has 1 N–H and O–H groups in total. The molecule has 13 heteroatoms. The molecule has 9 nitrogen and oxygen atoms in total. The Labute approximate surface area is 244 Å². The minimum atomic E-state index is -4.72. The maximum atomic E-state index is 12.8. The predicted molar refractivity (Wildman–Crippen MR) is 158 cm³/mol. The summed E-state index contributed by atoms with van der Waals surface area (Å²) in [5.74, 6) is 0.429. The molecule has 212 valence electrons. The van der Waals surface area contributed by atoms with Crippen molar-refractivity contribution in [3.05, 3.63) is 29.8 Å². The second-order valence-corrected chi connectivity index (χ2v) is 14.6. The SMILES string of the molecule is COC(=O)CCCCCC1(C)c2c(ccc3c(S(=O)(=O)OI)cc(S(=O)(=O)O)cc23)N(CCCS)C1(C)C. The third-order valence-corrected chi connectivity index (χ3v) is 11.5. The fourth-order valence-corrected chi connectivity index (χ4v) is 7.67. The lowest BCUT2D eigenvalue weighted by Gasteiger charge is -2.45. The van der Waals surface area contributed by atoms with Gasteiger partial charge in [0.05, 0.1) is 12.0 Å². The zero-order chi connectivity index (χ0) is 28.5. The first-order chi connectivity index (χ1) is 17.7. The average molecular weight is 700 g/mol. The van der Waals surface area contributed by atoms with Crippen LogP contribution in [-0.4, -0.2) is 52.3 Å². The number of fused-ring (bicyclic) bond motifs is 3. The molecule has 0 fully saturated rings. The highest BCUT2D eigenvalue weighted by Crippen LogP contribution is 2.57. The highest BCUT2D eigenvalue weighted by molar-refractivity contribution is 14.1. The quantitative estimate of drug-likeness (QED) is 0.0979. The van der Waals surface area contributed by atoms with Gasteiger partial charge in [0, 0.05) is 35.0 Å². The standard InChI is InChI=1S/C25H34INO8S3/c1-24(2)25(3,12-7-5-6-9-22(28)34-4)23-19-15-17(37(29,30)31)16-21(38(32,33)35-26)18(19)10-11-20(23)27(24)13-8-14-36/h10-11,15-16,36H,5-9,12-14H2,1-4H3,(H,29,30,31). The van der Waals surface area contributed by atoms with Crippen LogP contribution in [-0.2, 0) is 37.7 Å². The predicted octanol–water partition coefficient (Wildman–Crippen LogP) is 5.44. The van der Waals surface area contributed by atoms with Gasteiger partial charge in [-0.05, 0) is 68.0 Å². The number of rotatable bonds is 12. The maximum absolute atomic E-state index is 12.8. The van der Waals surface area contributed by atoms with E-state index in [1.165, 1.54) is 36.2 Å². The Morgan fingerprint density at radius 3 is 2.32 bits per heavy atom. The summed E-state index contributed by atoms with van der Waals surface area (Å²) in [6.45, 7) is 7.07. The van der Waals surface area contributed by atoms with Gasteiger partial charge >= 0.3 is 16.1 Å². The van der Waals surface area contributed by atoms with E-state index < -0.39 is 36.1 Å². The van der Waals surface area contributed by atoms with Crippen molar-refractivity contribution < 1.29 is 33.4 Å². The number of halogens is 1. The van der Waals surface area contributed by atoms with Crippen LogP contribution in [0.1, 0.15) is 64.9 Å². The van der Waals surface area contributed by atoms with Gasteiger partial charge in [-0.3, -0.25) is 9.35 Å². The molecule has 0 saturated heterocycles. The van der Waals surface area contributed by atoms with Crippen molar-refractivity contribution in [2.24, 2.45) is 0 Å². The van der Waals surface area contributed by atoms with Crippen molar-refractivity contribution in [2.45, 2.75) is 80.0 Å². The molecule has 1 unspecified atom stereocenters. The molecule has 1 aliphatic heterocycles. The van der Waals surface area contributed by atoms with E-state index in [-0.39, 0.29) is 10.9 Å². The number of hydrogen-bond donors (Lipinski definition) is 2. The molecule has 1 aliphatic rings. The number of esters is 1. The van der Waals surface area contributed by atoms with Crippen molar-refractivity contribution >= 4 is 78.3 Å². The Balaban J connectivity index is 2.28. The van der Waals surface area contributed by atoms with E-state index in [9.17, 15) is 26.2 Å². The Bertz CT molecular complexity index is 1430. The lowest BCUT2D eigenvalue weighted by Crippen LogP contribution is -2.52. The van der Waals surface area contributed by atoms with E-state index in [4.69, 9.17) is 7.25 Å². The highest BCUT2D eigenvalue weighted by Gasteiger charge is 2.53. The summed E-state index contributed by atoms with van der Waals surface area (Å²) in [6, 6.07) is 5.82. The smallest absolute Gasteiger partial charge is 0.306 e. The van der Waals surface area contributed by atoms with E-state index in [2.05, 4.69) is 38.3 Å². The summed E-state index contributed by atoms with van der Waals surface area (Å²) in [4.78, 5) is 13.0. The molecule has 0 spiro atoms. The minimum absolute atomic E-state index is 0.254. The number of benzene rings is 2. The Hall–Kier alpha value is -1.13. The third-order valence-electron chi connectivity index (χ3n) is 7.89. The van der Waals surface area contributed by atoms with Crippen LogP contribution in [0.4, 0.5) is 5.69 Å². The number of methoxy groups -OCH3 is 1. The topological polar surface area (TPSA) is 127 Å². The molecule has 1 atom stereocenters. The largest absolute Gasteiger partial charge is 0.469 e. The van der Waals surface area contributed by atoms with Gasteiger partial charge < -0.3 is 9.64 Å². The molecule has 2 aromatic rings. The summed E-state index contributed by atoms with van der Waals surface area (Å²) < 4.78 is 69.5. The van der Waals surface area contributed by atoms with E-state index in [1.54, 1.807) is 6.07 Å².